The number of hydrogen-bond donors (Lipinski definition) is 0. The molecule has 0 aliphatic carbocycles. The van der Waals surface area contributed by atoms with Gasteiger partial charge in [-0.2, -0.15) is 5.26 Å². The summed E-state index contributed by atoms with van der Waals surface area (Å²) < 4.78 is 23.6. The predicted molar refractivity (Wildman–Crippen MR) is 125 cm³/mol. The summed E-state index contributed by atoms with van der Waals surface area (Å²) in [6.07, 6.45) is 1.39. The van der Waals surface area contributed by atoms with Gasteiger partial charge in [0.25, 0.3) is 5.91 Å². The fourth-order valence-corrected chi connectivity index (χ4v) is 4.64. The van der Waals surface area contributed by atoms with Crippen LogP contribution in [-0.2, 0) is 19.0 Å². The minimum Gasteiger partial charge on any atom is -0.493 e. The van der Waals surface area contributed by atoms with E-state index in [-0.39, 0.29) is 36.7 Å². The van der Waals surface area contributed by atoms with Gasteiger partial charge < -0.3 is 28.7 Å². The number of amides is 2. The van der Waals surface area contributed by atoms with E-state index in [0.29, 0.717) is 36.4 Å². The second-order valence-electron chi connectivity index (χ2n) is 9.08. The zero-order valence-electron chi connectivity index (χ0n) is 20.7. The van der Waals surface area contributed by atoms with E-state index in [1.807, 2.05) is 0 Å². The number of ether oxygens (including phenoxy) is 4. The Hall–Kier alpha value is -2.67. The molecule has 0 unspecified atom stereocenters. The molecule has 2 heterocycles. The predicted octanol–water partition coefficient (Wildman–Crippen LogP) is 2.08. The summed E-state index contributed by atoms with van der Waals surface area (Å²) in [5, 5.41) is 9.33. The number of carbonyl (C=O) groups is 2. The fourth-order valence-electron chi connectivity index (χ4n) is 4.64. The van der Waals surface area contributed by atoms with Gasteiger partial charge in [0.1, 0.15) is 11.9 Å². The lowest BCUT2D eigenvalue weighted by Gasteiger charge is -2.38. The Balaban J connectivity index is 1.93. The van der Waals surface area contributed by atoms with Crippen LogP contribution in [0.4, 0.5) is 0 Å². The average molecular weight is 474 g/mol. The monoisotopic (exact) mass is 473 g/mol. The maximum atomic E-state index is 13.3. The first-order valence-corrected chi connectivity index (χ1v) is 11.7. The molecule has 2 aliphatic heterocycles. The van der Waals surface area contributed by atoms with Crippen molar-refractivity contribution >= 4 is 11.8 Å². The molecule has 0 saturated carbocycles. The van der Waals surface area contributed by atoms with E-state index in [0.717, 1.165) is 12.8 Å². The van der Waals surface area contributed by atoms with Crippen LogP contribution in [0.1, 0.15) is 42.1 Å². The minimum atomic E-state index is -0.515. The largest absolute Gasteiger partial charge is 0.493 e. The number of likely N-dealkylation sites (N-methyl/N-ethyl adjacent to an activating group) is 2. The van der Waals surface area contributed by atoms with Crippen LogP contribution in [0.3, 0.4) is 0 Å². The maximum Gasteiger partial charge on any atom is 0.257 e. The van der Waals surface area contributed by atoms with Crippen LogP contribution in [0.15, 0.2) is 18.2 Å². The lowest BCUT2D eigenvalue weighted by Crippen LogP contribution is -2.50. The number of benzene rings is 1. The number of carbonyl (C=O) groups excluding carboxylic acids is 2. The van der Waals surface area contributed by atoms with Crippen molar-refractivity contribution in [1.29, 1.82) is 5.26 Å². The number of nitriles is 1. The normalized spacial score (nSPS) is 29.2. The molecule has 0 radical (unpaired) electrons. The molecule has 9 nitrogen and oxygen atoms in total. The van der Waals surface area contributed by atoms with Gasteiger partial charge in [-0.05, 0) is 31.0 Å². The third kappa shape index (κ3) is 5.87. The zero-order valence-corrected chi connectivity index (χ0v) is 20.7. The van der Waals surface area contributed by atoms with Gasteiger partial charge in [-0.25, -0.2) is 0 Å². The number of hydrogen-bond acceptors (Lipinski definition) is 7. The van der Waals surface area contributed by atoms with Gasteiger partial charge in [-0.15, -0.1) is 0 Å². The zero-order chi connectivity index (χ0) is 24.8. The second kappa shape index (κ2) is 11.6. The van der Waals surface area contributed by atoms with Crippen molar-refractivity contribution in [3.05, 3.63) is 29.3 Å². The molecule has 3 rings (SSSR count). The van der Waals surface area contributed by atoms with Crippen molar-refractivity contribution in [3.63, 3.8) is 0 Å². The molecule has 0 spiro atoms. The van der Waals surface area contributed by atoms with Crippen LogP contribution in [-0.4, -0.2) is 94.0 Å². The van der Waals surface area contributed by atoms with Gasteiger partial charge in [0.2, 0.25) is 5.91 Å². The molecule has 1 aromatic carbocycles. The molecule has 1 saturated heterocycles. The number of methoxy groups -OCH3 is 2. The van der Waals surface area contributed by atoms with Gasteiger partial charge in [0.15, 0.2) is 0 Å². The number of fused-ring (bicyclic) bond motifs is 3. The molecule has 2 aliphatic rings. The maximum absolute atomic E-state index is 13.3. The fraction of sp³-hybridized carbons (Fsp3) is 0.640. The number of nitrogens with zero attached hydrogens (tertiary/aromatic N) is 3. The third-order valence-corrected chi connectivity index (χ3v) is 6.77. The summed E-state index contributed by atoms with van der Waals surface area (Å²) in [4.78, 5) is 29.7. The standard InChI is InChI=1S/C25H35N3O6/c1-16-22(32-5)14-28(3)25(30)19-12-17(13-26)6-8-20(19)33-11-10-18-7-9-21(31-4)23(34-18)15-27(2)24(16)29/h6,8,12,16,18,21-23H,7,9-11,14-15H2,1-5H3/t16-,18-,21+,22+,23+/m1/s1. The van der Waals surface area contributed by atoms with Crippen molar-refractivity contribution in [3.8, 4) is 11.8 Å². The molecule has 34 heavy (non-hydrogen) atoms. The minimum absolute atomic E-state index is 0.0443. The van der Waals surface area contributed by atoms with Gasteiger partial charge in [-0.1, -0.05) is 6.92 Å². The molecule has 0 N–H and O–H groups in total. The third-order valence-electron chi connectivity index (χ3n) is 6.77. The summed E-state index contributed by atoms with van der Waals surface area (Å²) in [6.45, 7) is 2.77. The van der Waals surface area contributed by atoms with Crippen molar-refractivity contribution < 1.29 is 28.5 Å². The Bertz CT molecular complexity index is 916. The lowest BCUT2D eigenvalue weighted by molar-refractivity contribution is -0.154. The van der Waals surface area contributed by atoms with Crippen molar-refractivity contribution in [2.45, 2.75) is 50.6 Å². The smallest absolute Gasteiger partial charge is 0.257 e. The second-order valence-corrected chi connectivity index (χ2v) is 9.08. The molecule has 186 valence electrons. The highest BCUT2D eigenvalue weighted by atomic mass is 16.5. The average Bonchev–Trinajstić information content (AvgIpc) is 2.85. The molecule has 1 fully saturated rings. The molecule has 2 bridgehead atoms. The SMILES string of the molecule is CO[C@H]1CC[C@@H]2CCOc3ccc(C#N)cc3C(=O)N(C)C[C@H](OC)[C@@H](C)C(=O)N(C)C[C@@H]1O2. The Morgan fingerprint density at radius 3 is 2.44 bits per heavy atom. The van der Waals surface area contributed by atoms with Crippen molar-refractivity contribution in [2.24, 2.45) is 5.92 Å². The summed E-state index contributed by atoms with van der Waals surface area (Å²) >= 11 is 0. The highest BCUT2D eigenvalue weighted by Crippen LogP contribution is 2.27. The summed E-state index contributed by atoms with van der Waals surface area (Å²) in [5.74, 6) is -0.454. The van der Waals surface area contributed by atoms with E-state index in [1.54, 1.807) is 45.2 Å². The van der Waals surface area contributed by atoms with Gasteiger partial charge in [0.05, 0.1) is 48.0 Å². The van der Waals surface area contributed by atoms with Crippen LogP contribution < -0.4 is 4.74 Å². The van der Waals surface area contributed by atoms with E-state index in [4.69, 9.17) is 18.9 Å². The number of rotatable bonds is 2. The Morgan fingerprint density at radius 2 is 1.76 bits per heavy atom. The molecule has 1 aromatic rings. The van der Waals surface area contributed by atoms with Crippen molar-refractivity contribution in [2.75, 3.05) is 48.0 Å². The van der Waals surface area contributed by atoms with Crippen LogP contribution in [0.5, 0.6) is 5.75 Å². The van der Waals surface area contributed by atoms with E-state index >= 15 is 0 Å². The van der Waals surface area contributed by atoms with Gasteiger partial charge in [0, 0.05) is 47.8 Å². The van der Waals surface area contributed by atoms with E-state index in [9.17, 15) is 14.9 Å². The Morgan fingerprint density at radius 1 is 1.03 bits per heavy atom. The topological polar surface area (TPSA) is 101 Å². The summed E-state index contributed by atoms with van der Waals surface area (Å²) in [5.41, 5.74) is 0.678. The highest BCUT2D eigenvalue weighted by molar-refractivity contribution is 5.97. The first-order chi connectivity index (χ1) is 16.3. The molecular formula is C25H35N3O6. The summed E-state index contributed by atoms with van der Waals surface area (Å²) in [6, 6.07) is 6.90. The van der Waals surface area contributed by atoms with Crippen LogP contribution in [0.2, 0.25) is 0 Å². The Kier molecular flexibility index (Phi) is 8.89. The molecular weight excluding hydrogens is 438 g/mol. The highest BCUT2D eigenvalue weighted by Gasteiger charge is 2.35. The quantitative estimate of drug-likeness (QED) is 0.648. The first kappa shape index (κ1) is 25.9. The van der Waals surface area contributed by atoms with Crippen LogP contribution in [0.25, 0.3) is 0 Å². The van der Waals surface area contributed by atoms with Crippen molar-refractivity contribution in [1.82, 2.24) is 9.80 Å². The first-order valence-electron chi connectivity index (χ1n) is 11.7. The van der Waals surface area contributed by atoms with E-state index in [2.05, 4.69) is 6.07 Å². The Labute approximate surface area is 201 Å². The van der Waals surface area contributed by atoms with Gasteiger partial charge in [-0.3, -0.25) is 9.59 Å². The van der Waals surface area contributed by atoms with Gasteiger partial charge >= 0.3 is 0 Å². The molecule has 5 atom stereocenters. The van der Waals surface area contributed by atoms with E-state index < -0.39 is 12.0 Å². The van der Waals surface area contributed by atoms with E-state index in [1.165, 1.54) is 18.1 Å². The van der Waals surface area contributed by atoms with Crippen LogP contribution >= 0.6 is 0 Å². The molecule has 9 heteroatoms. The van der Waals surface area contributed by atoms with Crippen LogP contribution in [0, 0.1) is 17.2 Å². The lowest BCUT2D eigenvalue weighted by atomic mass is 9.97. The summed E-state index contributed by atoms with van der Waals surface area (Å²) in [7, 11) is 6.61. The molecule has 0 aromatic heterocycles. The molecule has 2 amide bonds.